The highest BCUT2D eigenvalue weighted by molar-refractivity contribution is 5.30. The van der Waals surface area contributed by atoms with Gasteiger partial charge in [-0.05, 0) is 17.7 Å². The maximum atomic E-state index is 5.22. The van der Waals surface area contributed by atoms with Crippen LogP contribution in [0.3, 0.4) is 0 Å². The minimum Gasteiger partial charge on any atom is -0.497 e. The van der Waals surface area contributed by atoms with Crippen molar-refractivity contribution in [2.24, 2.45) is 0 Å². The summed E-state index contributed by atoms with van der Waals surface area (Å²) < 4.78 is 10.2. The second-order valence-corrected chi connectivity index (χ2v) is 4.55. The predicted octanol–water partition coefficient (Wildman–Crippen LogP) is 1.75. The van der Waals surface area contributed by atoms with Crippen molar-refractivity contribution in [3.8, 4) is 5.75 Å². The predicted molar refractivity (Wildman–Crippen MR) is 78.0 cm³/mol. The Morgan fingerprint density at radius 1 is 1.30 bits per heavy atom. The highest BCUT2D eigenvalue weighted by Gasteiger charge is 2.03. The molecule has 5 heteroatoms. The number of aromatic amines is 1. The van der Waals surface area contributed by atoms with Gasteiger partial charge in [-0.15, -0.1) is 0 Å². The lowest BCUT2D eigenvalue weighted by molar-refractivity contribution is 0.199. The lowest BCUT2D eigenvalue weighted by atomic mass is 10.1. The van der Waals surface area contributed by atoms with Crippen molar-refractivity contribution < 1.29 is 9.47 Å². The standard InChI is InChI=1S/C15H21N3O2/c1-19-7-6-16-10-13-11-17-15(18-13)9-12-4-3-5-14(8-12)20-2/h3-5,8,11,16H,6-7,9-10H2,1-2H3,(H,17,18). The summed E-state index contributed by atoms with van der Waals surface area (Å²) in [6.07, 6.45) is 2.64. The van der Waals surface area contributed by atoms with E-state index >= 15 is 0 Å². The van der Waals surface area contributed by atoms with Gasteiger partial charge in [-0.1, -0.05) is 12.1 Å². The zero-order valence-electron chi connectivity index (χ0n) is 12.0. The fraction of sp³-hybridized carbons (Fsp3) is 0.400. The maximum absolute atomic E-state index is 5.22. The lowest BCUT2D eigenvalue weighted by Crippen LogP contribution is -2.18. The molecule has 1 heterocycles. The number of aromatic nitrogens is 2. The Balaban J connectivity index is 1.88. The number of methoxy groups -OCH3 is 2. The molecule has 0 radical (unpaired) electrons. The fourth-order valence-corrected chi connectivity index (χ4v) is 1.96. The van der Waals surface area contributed by atoms with Gasteiger partial charge in [-0.2, -0.15) is 0 Å². The molecule has 5 nitrogen and oxygen atoms in total. The van der Waals surface area contributed by atoms with Crippen LogP contribution in [0.25, 0.3) is 0 Å². The minimum absolute atomic E-state index is 0.713. The second kappa shape index (κ2) is 7.67. The molecule has 0 aliphatic carbocycles. The van der Waals surface area contributed by atoms with Gasteiger partial charge >= 0.3 is 0 Å². The number of nitrogens with zero attached hydrogens (tertiary/aromatic N) is 1. The first-order valence-corrected chi connectivity index (χ1v) is 6.67. The molecule has 0 amide bonds. The first-order valence-electron chi connectivity index (χ1n) is 6.67. The molecule has 0 bridgehead atoms. The summed E-state index contributed by atoms with van der Waals surface area (Å²) >= 11 is 0. The Labute approximate surface area is 119 Å². The van der Waals surface area contributed by atoms with Gasteiger partial charge in [-0.3, -0.25) is 0 Å². The van der Waals surface area contributed by atoms with Crippen LogP contribution in [0.4, 0.5) is 0 Å². The number of benzene rings is 1. The van der Waals surface area contributed by atoms with E-state index in [-0.39, 0.29) is 0 Å². The van der Waals surface area contributed by atoms with Crippen LogP contribution in [-0.2, 0) is 17.7 Å². The van der Waals surface area contributed by atoms with Crippen molar-refractivity contribution in [1.29, 1.82) is 0 Å². The van der Waals surface area contributed by atoms with E-state index in [9.17, 15) is 0 Å². The number of hydrogen-bond acceptors (Lipinski definition) is 4. The van der Waals surface area contributed by atoms with Crippen molar-refractivity contribution in [2.75, 3.05) is 27.4 Å². The molecule has 2 aromatic rings. The Hall–Kier alpha value is -1.85. The van der Waals surface area contributed by atoms with Crippen LogP contribution in [0, 0.1) is 0 Å². The van der Waals surface area contributed by atoms with Crippen molar-refractivity contribution in [1.82, 2.24) is 15.3 Å². The molecule has 0 unspecified atom stereocenters. The molecule has 0 aliphatic rings. The average molecular weight is 275 g/mol. The van der Waals surface area contributed by atoms with Crippen LogP contribution >= 0.6 is 0 Å². The van der Waals surface area contributed by atoms with Crippen LogP contribution in [-0.4, -0.2) is 37.3 Å². The molecule has 2 N–H and O–H groups in total. The second-order valence-electron chi connectivity index (χ2n) is 4.55. The van der Waals surface area contributed by atoms with Gasteiger partial charge in [0, 0.05) is 38.5 Å². The van der Waals surface area contributed by atoms with Gasteiger partial charge in [-0.25, -0.2) is 4.98 Å². The van der Waals surface area contributed by atoms with E-state index in [1.807, 2.05) is 24.4 Å². The number of hydrogen-bond donors (Lipinski definition) is 2. The van der Waals surface area contributed by atoms with Crippen LogP contribution in [0.1, 0.15) is 17.1 Å². The van der Waals surface area contributed by atoms with Gasteiger partial charge < -0.3 is 19.8 Å². The van der Waals surface area contributed by atoms with Crippen molar-refractivity contribution in [3.05, 3.63) is 47.5 Å². The molecule has 108 valence electrons. The summed E-state index contributed by atoms with van der Waals surface area (Å²) in [7, 11) is 3.37. The largest absolute Gasteiger partial charge is 0.497 e. The third kappa shape index (κ3) is 4.36. The first-order chi connectivity index (χ1) is 9.81. The molecule has 1 aromatic heterocycles. The number of H-pyrrole nitrogens is 1. The summed E-state index contributed by atoms with van der Waals surface area (Å²) in [5.74, 6) is 1.83. The van der Waals surface area contributed by atoms with E-state index in [0.717, 1.165) is 36.8 Å². The van der Waals surface area contributed by atoms with Gasteiger partial charge in [0.1, 0.15) is 11.6 Å². The normalized spacial score (nSPS) is 10.7. The maximum Gasteiger partial charge on any atom is 0.119 e. The SMILES string of the molecule is COCCNCc1cnc(Cc2cccc(OC)c2)[nH]1. The Morgan fingerprint density at radius 3 is 3.00 bits per heavy atom. The highest BCUT2D eigenvalue weighted by Crippen LogP contribution is 2.14. The highest BCUT2D eigenvalue weighted by atomic mass is 16.5. The molecule has 0 spiro atoms. The molecular formula is C15H21N3O2. The van der Waals surface area contributed by atoms with Crippen molar-refractivity contribution in [2.45, 2.75) is 13.0 Å². The van der Waals surface area contributed by atoms with Crippen LogP contribution in [0.5, 0.6) is 5.75 Å². The van der Waals surface area contributed by atoms with Gasteiger partial charge in [0.25, 0.3) is 0 Å². The van der Waals surface area contributed by atoms with E-state index in [2.05, 4.69) is 21.4 Å². The van der Waals surface area contributed by atoms with Crippen LogP contribution in [0.2, 0.25) is 0 Å². The third-order valence-corrected chi connectivity index (χ3v) is 2.99. The molecule has 1 aromatic carbocycles. The number of imidazole rings is 1. The summed E-state index contributed by atoms with van der Waals surface area (Å²) in [5, 5.41) is 3.28. The van der Waals surface area contributed by atoms with Gasteiger partial charge in [0.15, 0.2) is 0 Å². The van der Waals surface area contributed by atoms with E-state index in [1.54, 1.807) is 14.2 Å². The monoisotopic (exact) mass is 275 g/mol. The molecule has 20 heavy (non-hydrogen) atoms. The minimum atomic E-state index is 0.713. The smallest absolute Gasteiger partial charge is 0.119 e. The zero-order valence-corrected chi connectivity index (χ0v) is 12.0. The Bertz CT molecular complexity index is 525. The van der Waals surface area contributed by atoms with Gasteiger partial charge in [0.05, 0.1) is 13.7 Å². The molecule has 0 atom stereocenters. The summed E-state index contributed by atoms with van der Waals surface area (Å²) in [6, 6.07) is 8.03. The number of rotatable bonds is 8. The van der Waals surface area contributed by atoms with Crippen LogP contribution < -0.4 is 10.1 Å². The van der Waals surface area contributed by atoms with E-state index in [1.165, 1.54) is 5.56 Å². The summed E-state index contributed by atoms with van der Waals surface area (Å²) in [5.41, 5.74) is 2.26. The molecule has 0 fully saturated rings. The summed E-state index contributed by atoms with van der Waals surface area (Å²) in [6.45, 7) is 2.32. The lowest BCUT2D eigenvalue weighted by Gasteiger charge is -2.03. The first kappa shape index (κ1) is 14.6. The Kier molecular flexibility index (Phi) is 5.58. The van der Waals surface area contributed by atoms with E-state index in [4.69, 9.17) is 9.47 Å². The van der Waals surface area contributed by atoms with Crippen molar-refractivity contribution in [3.63, 3.8) is 0 Å². The molecule has 2 rings (SSSR count). The molecule has 0 saturated carbocycles. The summed E-state index contributed by atoms with van der Waals surface area (Å²) in [4.78, 5) is 7.72. The van der Waals surface area contributed by atoms with E-state index < -0.39 is 0 Å². The van der Waals surface area contributed by atoms with Crippen molar-refractivity contribution >= 4 is 0 Å². The van der Waals surface area contributed by atoms with Gasteiger partial charge in [0.2, 0.25) is 0 Å². The third-order valence-electron chi connectivity index (χ3n) is 2.99. The molecular weight excluding hydrogens is 254 g/mol. The zero-order chi connectivity index (χ0) is 14.2. The topological polar surface area (TPSA) is 59.2 Å². The average Bonchev–Trinajstić information content (AvgIpc) is 2.91. The Morgan fingerprint density at radius 2 is 2.20 bits per heavy atom. The van der Waals surface area contributed by atoms with E-state index in [0.29, 0.717) is 6.61 Å². The number of ether oxygens (including phenoxy) is 2. The number of nitrogens with one attached hydrogen (secondary N) is 2. The molecule has 0 aliphatic heterocycles. The van der Waals surface area contributed by atoms with Crippen LogP contribution in [0.15, 0.2) is 30.5 Å². The quantitative estimate of drug-likeness (QED) is 0.721. The molecule has 0 saturated heterocycles. The fourth-order valence-electron chi connectivity index (χ4n) is 1.96.